The van der Waals surface area contributed by atoms with Crippen LogP contribution in [0.25, 0.3) is 0 Å². The Hall–Kier alpha value is -1.39. The molecule has 0 amide bonds. The molecule has 1 aliphatic rings. The SMILES string of the molecule is Cc1csc(COc2cccc3c2CCC3N)n1. The van der Waals surface area contributed by atoms with Crippen molar-refractivity contribution in [2.75, 3.05) is 0 Å². The highest BCUT2D eigenvalue weighted by Crippen LogP contribution is 2.35. The number of aromatic nitrogens is 1. The first-order chi connectivity index (χ1) is 8.74. The van der Waals surface area contributed by atoms with Crippen LogP contribution in [-0.4, -0.2) is 4.98 Å². The van der Waals surface area contributed by atoms with Crippen LogP contribution in [0, 0.1) is 6.92 Å². The quantitative estimate of drug-likeness (QED) is 0.923. The monoisotopic (exact) mass is 260 g/mol. The van der Waals surface area contributed by atoms with E-state index in [2.05, 4.69) is 11.1 Å². The minimum Gasteiger partial charge on any atom is -0.486 e. The molecule has 3 rings (SSSR count). The van der Waals surface area contributed by atoms with Crippen LogP contribution in [-0.2, 0) is 13.0 Å². The fourth-order valence-corrected chi connectivity index (χ4v) is 3.08. The van der Waals surface area contributed by atoms with Crippen molar-refractivity contribution in [3.8, 4) is 5.75 Å². The van der Waals surface area contributed by atoms with Gasteiger partial charge in [0.15, 0.2) is 0 Å². The van der Waals surface area contributed by atoms with Crippen molar-refractivity contribution in [2.45, 2.75) is 32.4 Å². The molecule has 4 heteroatoms. The lowest BCUT2D eigenvalue weighted by Gasteiger charge is -2.10. The second kappa shape index (κ2) is 4.71. The Balaban J connectivity index is 1.78. The van der Waals surface area contributed by atoms with Gasteiger partial charge in [-0.25, -0.2) is 4.98 Å². The highest BCUT2D eigenvalue weighted by molar-refractivity contribution is 7.09. The molecule has 2 aromatic rings. The Morgan fingerprint density at radius 1 is 1.50 bits per heavy atom. The predicted octanol–water partition coefficient (Wildman–Crippen LogP) is 2.98. The zero-order valence-electron chi connectivity index (χ0n) is 10.3. The molecular weight excluding hydrogens is 244 g/mol. The molecule has 1 aromatic heterocycles. The van der Waals surface area contributed by atoms with Gasteiger partial charge < -0.3 is 10.5 Å². The first kappa shape index (κ1) is 11.7. The Morgan fingerprint density at radius 2 is 2.39 bits per heavy atom. The number of nitrogens with zero attached hydrogens (tertiary/aromatic N) is 1. The van der Waals surface area contributed by atoms with Crippen molar-refractivity contribution in [3.63, 3.8) is 0 Å². The van der Waals surface area contributed by atoms with Crippen LogP contribution < -0.4 is 10.5 Å². The lowest BCUT2D eigenvalue weighted by molar-refractivity contribution is 0.302. The van der Waals surface area contributed by atoms with Crippen LogP contribution in [0.1, 0.15) is 34.3 Å². The number of aryl methyl sites for hydroxylation is 1. The Bertz CT molecular complexity index is 565. The van der Waals surface area contributed by atoms with E-state index in [4.69, 9.17) is 10.5 Å². The zero-order chi connectivity index (χ0) is 12.5. The van der Waals surface area contributed by atoms with Gasteiger partial charge in [0.1, 0.15) is 17.4 Å². The summed E-state index contributed by atoms with van der Waals surface area (Å²) in [7, 11) is 0. The Labute approximate surface area is 111 Å². The lowest BCUT2D eigenvalue weighted by atomic mass is 10.1. The van der Waals surface area contributed by atoms with Gasteiger partial charge in [-0.15, -0.1) is 11.3 Å². The van der Waals surface area contributed by atoms with Crippen molar-refractivity contribution in [1.82, 2.24) is 4.98 Å². The molecule has 3 nitrogen and oxygen atoms in total. The summed E-state index contributed by atoms with van der Waals surface area (Å²) >= 11 is 1.64. The lowest BCUT2D eigenvalue weighted by Crippen LogP contribution is -2.05. The molecule has 0 saturated carbocycles. The van der Waals surface area contributed by atoms with Gasteiger partial charge in [0.05, 0.1) is 0 Å². The molecule has 1 unspecified atom stereocenters. The molecule has 1 aliphatic carbocycles. The average molecular weight is 260 g/mol. The van der Waals surface area contributed by atoms with Gasteiger partial charge in [-0.2, -0.15) is 0 Å². The summed E-state index contributed by atoms with van der Waals surface area (Å²) in [6.45, 7) is 2.55. The molecule has 0 radical (unpaired) electrons. The number of fused-ring (bicyclic) bond motifs is 1. The average Bonchev–Trinajstić information content (AvgIpc) is 2.94. The molecule has 1 heterocycles. The van der Waals surface area contributed by atoms with E-state index in [-0.39, 0.29) is 6.04 Å². The molecule has 0 saturated heterocycles. The maximum Gasteiger partial charge on any atom is 0.140 e. The normalized spacial score (nSPS) is 17.8. The second-order valence-electron chi connectivity index (χ2n) is 4.64. The highest BCUT2D eigenvalue weighted by atomic mass is 32.1. The molecule has 18 heavy (non-hydrogen) atoms. The zero-order valence-corrected chi connectivity index (χ0v) is 11.2. The van der Waals surface area contributed by atoms with E-state index < -0.39 is 0 Å². The number of thiazole rings is 1. The molecule has 1 aromatic carbocycles. The summed E-state index contributed by atoms with van der Waals surface area (Å²) in [5, 5.41) is 3.07. The molecular formula is C14H16N2OS. The summed E-state index contributed by atoms with van der Waals surface area (Å²) in [5.41, 5.74) is 9.63. The molecule has 1 atom stereocenters. The number of rotatable bonds is 3. The van der Waals surface area contributed by atoms with Gasteiger partial charge in [-0.1, -0.05) is 12.1 Å². The van der Waals surface area contributed by atoms with Gasteiger partial charge in [0.2, 0.25) is 0 Å². The van der Waals surface area contributed by atoms with E-state index in [1.165, 1.54) is 11.1 Å². The molecule has 0 bridgehead atoms. The van der Waals surface area contributed by atoms with E-state index in [1.54, 1.807) is 11.3 Å². The molecule has 0 fully saturated rings. The largest absolute Gasteiger partial charge is 0.486 e. The van der Waals surface area contributed by atoms with E-state index in [1.807, 2.05) is 24.4 Å². The van der Waals surface area contributed by atoms with Crippen LogP contribution in [0.2, 0.25) is 0 Å². The van der Waals surface area contributed by atoms with E-state index in [0.29, 0.717) is 6.61 Å². The molecule has 2 N–H and O–H groups in total. The first-order valence-corrected chi connectivity index (χ1v) is 7.03. The van der Waals surface area contributed by atoms with Crippen LogP contribution in [0.15, 0.2) is 23.6 Å². The van der Waals surface area contributed by atoms with Crippen molar-refractivity contribution >= 4 is 11.3 Å². The van der Waals surface area contributed by atoms with Crippen molar-refractivity contribution in [3.05, 3.63) is 45.4 Å². The van der Waals surface area contributed by atoms with Gasteiger partial charge >= 0.3 is 0 Å². The molecule has 0 spiro atoms. The van der Waals surface area contributed by atoms with Gasteiger partial charge in [0, 0.05) is 17.1 Å². The van der Waals surface area contributed by atoms with Crippen LogP contribution in [0.5, 0.6) is 5.75 Å². The smallest absolute Gasteiger partial charge is 0.140 e. The highest BCUT2D eigenvalue weighted by Gasteiger charge is 2.22. The van der Waals surface area contributed by atoms with Crippen molar-refractivity contribution in [1.29, 1.82) is 0 Å². The summed E-state index contributed by atoms with van der Waals surface area (Å²) < 4.78 is 5.89. The molecule has 94 valence electrons. The fraction of sp³-hybridized carbons (Fsp3) is 0.357. The summed E-state index contributed by atoms with van der Waals surface area (Å²) in [6.07, 6.45) is 2.04. The third kappa shape index (κ3) is 2.13. The number of hydrogen-bond donors (Lipinski definition) is 1. The summed E-state index contributed by atoms with van der Waals surface area (Å²) in [4.78, 5) is 4.40. The third-order valence-electron chi connectivity index (χ3n) is 3.29. The number of nitrogens with two attached hydrogens (primary N) is 1. The number of benzene rings is 1. The molecule has 0 aliphatic heterocycles. The first-order valence-electron chi connectivity index (χ1n) is 6.15. The van der Waals surface area contributed by atoms with Crippen LogP contribution >= 0.6 is 11.3 Å². The topological polar surface area (TPSA) is 48.1 Å². The fourth-order valence-electron chi connectivity index (χ4n) is 2.40. The second-order valence-corrected chi connectivity index (χ2v) is 5.58. The standard InChI is InChI=1S/C14H16N2OS/c1-9-8-18-14(16-9)7-17-13-4-2-3-10-11(13)5-6-12(10)15/h2-4,8,12H,5-7,15H2,1H3. The van der Waals surface area contributed by atoms with Crippen LogP contribution in [0.4, 0.5) is 0 Å². The summed E-state index contributed by atoms with van der Waals surface area (Å²) in [6, 6.07) is 6.32. The number of hydrogen-bond acceptors (Lipinski definition) is 4. The minimum atomic E-state index is 0.172. The van der Waals surface area contributed by atoms with E-state index in [0.717, 1.165) is 29.3 Å². The van der Waals surface area contributed by atoms with E-state index in [9.17, 15) is 0 Å². The van der Waals surface area contributed by atoms with Crippen molar-refractivity contribution in [2.24, 2.45) is 5.73 Å². The summed E-state index contributed by atoms with van der Waals surface area (Å²) in [5.74, 6) is 0.966. The maximum atomic E-state index is 6.06. The van der Waals surface area contributed by atoms with Crippen LogP contribution in [0.3, 0.4) is 0 Å². The van der Waals surface area contributed by atoms with Gasteiger partial charge in [-0.3, -0.25) is 0 Å². The maximum absolute atomic E-state index is 6.06. The Kier molecular flexibility index (Phi) is 3.06. The van der Waals surface area contributed by atoms with Gasteiger partial charge in [-0.05, 0) is 37.0 Å². The Morgan fingerprint density at radius 3 is 3.17 bits per heavy atom. The van der Waals surface area contributed by atoms with E-state index >= 15 is 0 Å². The predicted molar refractivity (Wildman–Crippen MR) is 72.9 cm³/mol. The van der Waals surface area contributed by atoms with Gasteiger partial charge in [0.25, 0.3) is 0 Å². The minimum absolute atomic E-state index is 0.172. The third-order valence-corrected chi connectivity index (χ3v) is 4.23. The number of ether oxygens (including phenoxy) is 1. The van der Waals surface area contributed by atoms with Crippen molar-refractivity contribution < 1.29 is 4.74 Å².